The number of nitrogens with one attached hydrogen (secondary N) is 1. The van der Waals surface area contributed by atoms with Crippen LogP contribution >= 0.6 is 0 Å². The van der Waals surface area contributed by atoms with E-state index in [9.17, 15) is 4.79 Å². The van der Waals surface area contributed by atoms with Gasteiger partial charge in [-0.05, 0) is 44.5 Å². The molecule has 3 nitrogen and oxygen atoms in total. The van der Waals surface area contributed by atoms with E-state index in [1.807, 2.05) is 27.1 Å². The highest BCUT2D eigenvalue weighted by Gasteiger charge is 2.14. The molecule has 0 radical (unpaired) electrons. The Kier molecular flexibility index (Phi) is 7.89. The van der Waals surface area contributed by atoms with Crippen molar-refractivity contribution in [2.24, 2.45) is 5.92 Å². The summed E-state index contributed by atoms with van der Waals surface area (Å²) in [5.41, 5.74) is 2.40. The number of hydrogen-bond donors (Lipinski definition) is 1. The fourth-order valence-corrected chi connectivity index (χ4v) is 2.25. The van der Waals surface area contributed by atoms with Gasteiger partial charge in [0, 0.05) is 13.1 Å². The normalized spacial score (nSPS) is 13.0. The Bertz CT molecular complexity index is 475. The highest BCUT2D eigenvalue weighted by molar-refractivity contribution is 5.83. The summed E-state index contributed by atoms with van der Waals surface area (Å²) in [5, 5.41) is 2.96. The number of rotatable bonds is 8. The number of amides is 1. The summed E-state index contributed by atoms with van der Waals surface area (Å²) in [6.07, 6.45) is 5.14. The average molecular weight is 302 g/mol. The quantitative estimate of drug-likeness (QED) is 0.748. The van der Waals surface area contributed by atoms with Crippen LogP contribution in [-0.4, -0.2) is 38.0 Å². The number of benzene rings is 1. The zero-order chi connectivity index (χ0) is 16.5. The molecule has 0 aromatic heterocycles. The molecule has 0 aliphatic heterocycles. The molecule has 0 aliphatic carbocycles. The number of likely N-dealkylation sites (N-methyl/N-ethyl adjacent to an activating group) is 1. The van der Waals surface area contributed by atoms with E-state index in [4.69, 9.17) is 0 Å². The Labute approximate surface area is 135 Å². The molecular weight excluding hydrogens is 272 g/mol. The maximum atomic E-state index is 12.1. The van der Waals surface area contributed by atoms with E-state index in [2.05, 4.69) is 54.4 Å². The lowest BCUT2D eigenvalue weighted by atomic mass is 9.96. The van der Waals surface area contributed by atoms with Gasteiger partial charge >= 0.3 is 0 Å². The van der Waals surface area contributed by atoms with E-state index in [0.29, 0.717) is 12.5 Å². The number of carbonyl (C=O) groups excluding carboxylic acids is 1. The SMILES string of the molecule is CC(C)Cc1ccc(C(C)C(=O)NC/C=C\CN(C)C)cc1. The first-order valence-corrected chi connectivity index (χ1v) is 8.06. The standard InChI is InChI=1S/C19H30N2O/c1-15(2)14-17-8-10-18(11-9-17)16(3)19(22)20-12-6-7-13-21(4)5/h6-11,15-16H,12-14H2,1-5H3,(H,20,22)/b7-6-. The molecule has 1 aromatic carbocycles. The molecule has 1 rings (SSSR count). The van der Waals surface area contributed by atoms with Crippen LogP contribution < -0.4 is 5.32 Å². The Balaban J connectivity index is 2.47. The molecule has 0 aliphatic rings. The smallest absolute Gasteiger partial charge is 0.227 e. The van der Waals surface area contributed by atoms with E-state index >= 15 is 0 Å². The second-order valence-corrected chi connectivity index (χ2v) is 6.54. The zero-order valence-electron chi connectivity index (χ0n) is 14.6. The minimum absolute atomic E-state index is 0.0751. The van der Waals surface area contributed by atoms with Crippen LogP contribution in [0.25, 0.3) is 0 Å². The van der Waals surface area contributed by atoms with Crippen molar-refractivity contribution in [3.05, 3.63) is 47.5 Å². The first-order valence-electron chi connectivity index (χ1n) is 8.06. The van der Waals surface area contributed by atoms with Crippen LogP contribution in [0.2, 0.25) is 0 Å². The molecule has 0 saturated carbocycles. The summed E-state index contributed by atoms with van der Waals surface area (Å²) in [4.78, 5) is 14.2. The summed E-state index contributed by atoms with van der Waals surface area (Å²) < 4.78 is 0. The number of nitrogens with zero attached hydrogens (tertiary/aromatic N) is 1. The topological polar surface area (TPSA) is 32.3 Å². The molecule has 0 spiro atoms. The van der Waals surface area contributed by atoms with Gasteiger partial charge in [-0.3, -0.25) is 4.79 Å². The second-order valence-electron chi connectivity index (χ2n) is 6.54. The van der Waals surface area contributed by atoms with Gasteiger partial charge in [-0.25, -0.2) is 0 Å². The summed E-state index contributed by atoms with van der Waals surface area (Å²) in [5.74, 6) is 0.613. The predicted octanol–water partition coefficient (Wildman–Crippen LogP) is 3.22. The Hall–Kier alpha value is -1.61. The van der Waals surface area contributed by atoms with Gasteiger partial charge in [0.15, 0.2) is 0 Å². The van der Waals surface area contributed by atoms with Crippen molar-refractivity contribution in [2.75, 3.05) is 27.2 Å². The Morgan fingerprint density at radius 2 is 1.77 bits per heavy atom. The van der Waals surface area contributed by atoms with Crippen LogP contribution in [0, 0.1) is 5.92 Å². The summed E-state index contributed by atoms with van der Waals surface area (Å²) >= 11 is 0. The van der Waals surface area contributed by atoms with Gasteiger partial charge in [0.2, 0.25) is 5.91 Å². The maximum Gasteiger partial charge on any atom is 0.227 e. The number of carbonyl (C=O) groups is 1. The molecule has 122 valence electrons. The Morgan fingerprint density at radius 1 is 1.14 bits per heavy atom. The van der Waals surface area contributed by atoms with Crippen molar-refractivity contribution in [1.29, 1.82) is 0 Å². The lowest BCUT2D eigenvalue weighted by Gasteiger charge is -2.13. The van der Waals surface area contributed by atoms with E-state index in [0.717, 1.165) is 18.5 Å². The van der Waals surface area contributed by atoms with E-state index in [1.165, 1.54) is 5.56 Å². The van der Waals surface area contributed by atoms with Gasteiger partial charge in [-0.2, -0.15) is 0 Å². The van der Waals surface area contributed by atoms with Crippen LogP contribution in [0.4, 0.5) is 0 Å². The molecule has 3 heteroatoms. The van der Waals surface area contributed by atoms with E-state index < -0.39 is 0 Å². The third kappa shape index (κ3) is 6.90. The second kappa shape index (κ2) is 9.42. The molecule has 1 atom stereocenters. The van der Waals surface area contributed by atoms with Gasteiger partial charge in [-0.1, -0.05) is 50.3 Å². The summed E-state index contributed by atoms with van der Waals surface area (Å²) in [6.45, 7) is 7.86. The molecule has 1 aromatic rings. The average Bonchev–Trinajstić information content (AvgIpc) is 2.45. The summed E-state index contributed by atoms with van der Waals surface area (Å²) in [6, 6.07) is 8.42. The first-order chi connectivity index (χ1) is 10.4. The van der Waals surface area contributed by atoms with Crippen LogP contribution in [0.15, 0.2) is 36.4 Å². The molecular formula is C19H30N2O. The van der Waals surface area contributed by atoms with Crippen molar-refractivity contribution in [3.8, 4) is 0 Å². The monoisotopic (exact) mass is 302 g/mol. The molecule has 1 amide bonds. The third-order valence-corrected chi connectivity index (χ3v) is 3.55. The van der Waals surface area contributed by atoms with Crippen molar-refractivity contribution in [2.45, 2.75) is 33.1 Å². The minimum atomic E-state index is -0.115. The largest absolute Gasteiger partial charge is 0.352 e. The maximum absolute atomic E-state index is 12.1. The Morgan fingerprint density at radius 3 is 2.32 bits per heavy atom. The molecule has 0 bridgehead atoms. The number of hydrogen-bond acceptors (Lipinski definition) is 2. The van der Waals surface area contributed by atoms with Crippen LogP contribution in [-0.2, 0) is 11.2 Å². The van der Waals surface area contributed by atoms with E-state index in [-0.39, 0.29) is 11.8 Å². The van der Waals surface area contributed by atoms with Crippen molar-refractivity contribution in [3.63, 3.8) is 0 Å². The van der Waals surface area contributed by atoms with E-state index in [1.54, 1.807) is 0 Å². The molecule has 1 N–H and O–H groups in total. The van der Waals surface area contributed by atoms with Gasteiger partial charge in [-0.15, -0.1) is 0 Å². The molecule has 1 unspecified atom stereocenters. The van der Waals surface area contributed by atoms with Gasteiger partial charge < -0.3 is 10.2 Å². The molecule has 0 fully saturated rings. The fraction of sp³-hybridized carbons (Fsp3) is 0.526. The third-order valence-electron chi connectivity index (χ3n) is 3.55. The van der Waals surface area contributed by atoms with Crippen molar-refractivity contribution >= 4 is 5.91 Å². The minimum Gasteiger partial charge on any atom is -0.352 e. The highest BCUT2D eigenvalue weighted by atomic mass is 16.1. The highest BCUT2D eigenvalue weighted by Crippen LogP contribution is 2.17. The summed E-state index contributed by atoms with van der Waals surface area (Å²) in [7, 11) is 4.04. The molecule has 0 saturated heterocycles. The van der Waals surface area contributed by atoms with Gasteiger partial charge in [0.25, 0.3) is 0 Å². The van der Waals surface area contributed by atoms with Crippen LogP contribution in [0.5, 0.6) is 0 Å². The van der Waals surface area contributed by atoms with Gasteiger partial charge in [0.05, 0.1) is 5.92 Å². The predicted molar refractivity (Wildman–Crippen MR) is 94.1 cm³/mol. The van der Waals surface area contributed by atoms with Crippen molar-refractivity contribution < 1.29 is 4.79 Å². The van der Waals surface area contributed by atoms with Crippen molar-refractivity contribution in [1.82, 2.24) is 10.2 Å². The first kappa shape index (κ1) is 18.4. The molecule has 22 heavy (non-hydrogen) atoms. The van der Waals surface area contributed by atoms with Crippen LogP contribution in [0.3, 0.4) is 0 Å². The fourth-order valence-electron chi connectivity index (χ4n) is 2.25. The lowest BCUT2D eigenvalue weighted by Crippen LogP contribution is -2.28. The van der Waals surface area contributed by atoms with Crippen LogP contribution in [0.1, 0.15) is 37.8 Å². The lowest BCUT2D eigenvalue weighted by molar-refractivity contribution is -0.122. The van der Waals surface area contributed by atoms with Gasteiger partial charge in [0.1, 0.15) is 0 Å². The molecule has 0 heterocycles. The zero-order valence-corrected chi connectivity index (χ0v) is 14.6.